The van der Waals surface area contributed by atoms with Crippen LogP contribution in [0.15, 0.2) is 24.3 Å². The van der Waals surface area contributed by atoms with Crippen LogP contribution in [0, 0.1) is 0 Å². The second kappa shape index (κ2) is 6.17. The molecule has 2 aromatic rings. The molecule has 98 valence electrons. The number of methoxy groups -OCH3 is 1. The molecule has 0 N–H and O–H groups in total. The second-order valence-electron chi connectivity index (χ2n) is 3.98. The number of fused-ring (bicyclic) bond motifs is 1. The number of carbonyl (C=O) groups excluding carboxylic acids is 1. The Balaban J connectivity index is 0.00000162. The van der Waals surface area contributed by atoms with Gasteiger partial charge in [-0.1, -0.05) is 19.1 Å². The van der Waals surface area contributed by atoms with Crippen LogP contribution >= 0.6 is 0 Å². The van der Waals surface area contributed by atoms with Crippen molar-refractivity contribution in [2.24, 2.45) is 7.05 Å². The van der Waals surface area contributed by atoms with E-state index in [4.69, 9.17) is 4.74 Å². The quantitative estimate of drug-likeness (QED) is 0.368. The van der Waals surface area contributed by atoms with Crippen molar-refractivity contribution in [3.05, 3.63) is 30.1 Å². The van der Waals surface area contributed by atoms with Crippen molar-refractivity contribution in [1.29, 1.82) is 0 Å². The first-order valence-corrected chi connectivity index (χ1v) is 5.72. The van der Waals surface area contributed by atoms with Crippen molar-refractivity contribution in [3.8, 4) is 0 Å². The Morgan fingerprint density at radius 3 is 2.67 bits per heavy atom. The lowest BCUT2D eigenvalue weighted by molar-refractivity contribution is -0.653. The van der Waals surface area contributed by atoms with Crippen LogP contribution in [0.4, 0.5) is 0 Å². The van der Waals surface area contributed by atoms with Gasteiger partial charge in [0.05, 0.1) is 14.2 Å². The molecule has 18 heavy (non-hydrogen) atoms. The summed E-state index contributed by atoms with van der Waals surface area (Å²) in [6, 6.07) is 8.07. The highest BCUT2D eigenvalue weighted by molar-refractivity contribution is 5.76. The molecular weight excluding hydrogens is 343 g/mol. The van der Waals surface area contributed by atoms with E-state index in [1.807, 2.05) is 29.8 Å². The van der Waals surface area contributed by atoms with E-state index in [0.717, 1.165) is 23.3 Å². The molecule has 0 fully saturated rings. The zero-order chi connectivity index (χ0) is 12.4. The largest absolute Gasteiger partial charge is 1.00 e. The number of aromatic nitrogens is 2. The Morgan fingerprint density at radius 1 is 1.39 bits per heavy atom. The number of esters is 1. The highest BCUT2D eigenvalue weighted by Gasteiger charge is 2.22. The summed E-state index contributed by atoms with van der Waals surface area (Å²) < 4.78 is 8.88. The topological polar surface area (TPSA) is 35.1 Å². The SMILES string of the molecule is CCc1n(CC(=O)OC)c2ccccc2[n+]1C.[I-]. The van der Waals surface area contributed by atoms with Gasteiger partial charge in [0.1, 0.15) is 0 Å². The molecule has 0 unspecified atom stereocenters. The Morgan fingerprint density at radius 2 is 2.06 bits per heavy atom. The monoisotopic (exact) mass is 360 g/mol. The number of rotatable bonds is 3. The first-order valence-electron chi connectivity index (χ1n) is 5.72. The maximum absolute atomic E-state index is 11.4. The van der Waals surface area contributed by atoms with Crippen molar-refractivity contribution in [2.45, 2.75) is 19.9 Å². The number of hydrogen-bond acceptors (Lipinski definition) is 2. The summed E-state index contributed by atoms with van der Waals surface area (Å²) in [5.74, 6) is 0.901. The van der Waals surface area contributed by atoms with Crippen molar-refractivity contribution in [3.63, 3.8) is 0 Å². The van der Waals surface area contributed by atoms with Crippen LogP contribution < -0.4 is 28.5 Å². The highest BCUT2D eigenvalue weighted by atomic mass is 127. The fourth-order valence-electron chi connectivity index (χ4n) is 2.23. The summed E-state index contributed by atoms with van der Waals surface area (Å²) in [7, 11) is 3.44. The number of imidazole rings is 1. The third kappa shape index (κ3) is 2.50. The summed E-state index contributed by atoms with van der Waals surface area (Å²) in [5.41, 5.74) is 2.20. The third-order valence-corrected chi connectivity index (χ3v) is 3.06. The summed E-state index contributed by atoms with van der Waals surface area (Å²) in [6.45, 7) is 2.35. The molecule has 0 saturated carbocycles. The average molecular weight is 360 g/mol. The number of benzene rings is 1. The lowest BCUT2D eigenvalue weighted by Crippen LogP contribution is -3.00. The van der Waals surface area contributed by atoms with Crippen molar-refractivity contribution >= 4 is 17.0 Å². The minimum atomic E-state index is -0.221. The van der Waals surface area contributed by atoms with Crippen LogP contribution in [0.2, 0.25) is 0 Å². The predicted molar refractivity (Wildman–Crippen MR) is 64.5 cm³/mol. The molecular formula is C13H17IN2O2. The van der Waals surface area contributed by atoms with Gasteiger partial charge in [0.2, 0.25) is 0 Å². The zero-order valence-corrected chi connectivity index (χ0v) is 13.0. The number of aryl methyl sites for hydroxylation is 1. The lowest BCUT2D eigenvalue weighted by Gasteiger charge is -2.00. The first kappa shape index (κ1) is 14.9. The molecule has 0 amide bonds. The molecule has 0 bridgehead atoms. The van der Waals surface area contributed by atoms with E-state index in [0.29, 0.717) is 0 Å². The van der Waals surface area contributed by atoms with E-state index >= 15 is 0 Å². The zero-order valence-electron chi connectivity index (χ0n) is 10.8. The van der Waals surface area contributed by atoms with Crippen LogP contribution in [0.1, 0.15) is 12.7 Å². The number of para-hydroxylation sites is 2. The predicted octanol–water partition coefficient (Wildman–Crippen LogP) is -1.79. The van der Waals surface area contributed by atoms with Crippen molar-refractivity contribution in [2.75, 3.05) is 7.11 Å². The van der Waals surface area contributed by atoms with Gasteiger partial charge < -0.3 is 28.7 Å². The molecule has 2 rings (SSSR count). The molecule has 0 radical (unpaired) electrons. The molecule has 0 aliphatic heterocycles. The van der Waals surface area contributed by atoms with E-state index in [2.05, 4.69) is 17.6 Å². The van der Waals surface area contributed by atoms with Crippen LogP contribution in [-0.4, -0.2) is 17.6 Å². The van der Waals surface area contributed by atoms with Crippen LogP contribution in [-0.2, 0) is 29.5 Å². The third-order valence-electron chi connectivity index (χ3n) is 3.06. The van der Waals surface area contributed by atoms with Crippen LogP contribution in [0.5, 0.6) is 0 Å². The van der Waals surface area contributed by atoms with Crippen molar-refractivity contribution in [1.82, 2.24) is 4.57 Å². The number of nitrogens with zero attached hydrogens (tertiary/aromatic N) is 2. The fraction of sp³-hybridized carbons (Fsp3) is 0.385. The van der Waals surface area contributed by atoms with Gasteiger partial charge >= 0.3 is 5.97 Å². The Hall–Kier alpha value is -1.11. The number of carbonyl (C=O) groups is 1. The molecule has 0 aliphatic rings. The van der Waals surface area contributed by atoms with Gasteiger partial charge in [0, 0.05) is 6.42 Å². The maximum Gasteiger partial charge on any atom is 0.348 e. The standard InChI is InChI=1S/C13H17N2O2.HI/c1-4-12-14(2)10-7-5-6-8-11(10)15(12)9-13(16)17-3;/h5-8H,4,9H2,1-3H3;1H/q+1;/p-1. The Bertz CT molecular complexity index is 563. The molecule has 0 atom stereocenters. The maximum atomic E-state index is 11.4. The van der Waals surface area contributed by atoms with Crippen LogP contribution in [0.25, 0.3) is 11.0 Å². The molecule has 0 aliphatic carbocycles. The molecule has 1 heterocycles. The number of halogens is 1. The summed E-state index contributed by atoms with van der Waals surface area (Å²) >= 11 is 0. The smallest absolute Gasteiger partial charge is 0.348 e. The first-order chi connectivity index (χ1) is 8.19. The lowest BCUT2D eigenvalue weighted by atomic mass is 10.3. The average Bonchev–Trinajstić information content (AvgIpc) is 2.63. The molecule has 4 nitrogen and oxygen atoms in total. The number of hydrogen-bond donors (Lipinski definition) is 0. The summed E-state index contributed by atoms with van der Waals surface area (Å²) in [6.07, 6.45) is 0.877. The molecule has 1 aromatic heterocycles. The van der Waals surface area contributed by atoms with E-state index in [-0.39, 0.29) is 36.5 Å². The van der Waals surface area contributed by atoms with Gasteiger partial charge in [-0.05, 0) is 12.1 Å². The summed E-state index contributed by atoms with van der Waals surface area (Å²) in [5, 5.41) is 0. The minimum absolute atomic E-state index is 0. The number of ether oxygens (including phenoxy) is 1. The molecule has 1 aromatic carbocycles. The second-order valence-corrected chi connectivity index (χ2v) is 3.98. The van der Waals surface area contributed by atoms with Gasteiger partial charge in [-0.15, -0.1) is 0 Å². The van der Waals surface area contributed by atoms with Crippen molar-refractivity contribution < 1.29 is 38.1 Å². The van der Waals surface area contributed by atoms with E-state index in [9.17, 15) is 4.79 Å². The van der Waals surface area contributed by atoms with Gasteiger partial charge in [0.15, 0.2) is 17.6 Å². The van der Waals surface area contributed by atoms with Gasteiger partial charge in [0.25, 0.3) is 5.82 Å². The molecule has 0 spiro atoms. The normalized spacial score (nSPS) is 10.2. The molecule has 5 heteroatoms. The molecule has 0 saturated heterocycles. The van der Waals surface area contributed by atoms with Gasteiger partial charge in [-0.25, -0.2) is 13.9 Å². The van der Waals surface area contributed by atoms with Gasteiger partial charge in [-0.2, -0.15) is 0 Å². The fourth-order valence-corrected chi connectivity index (χ4v) is 2.23. The van der Waals surface area contributed by atoms with Crippen LogP contribution in [0.3, 0.4) is 0 Å². The van der Waals surface area contributed by atoms with E-state index < -0.39 is 0 Å². The minimum Gasteiger partial charge on any atom is -1.00 e. The summed E-state index contributed by atoms with van der Waals surface area (Å²) in [4.78, 5) is 11.4. The Labute approximate surface area is 124 Å². The Kier molecular flexibility index (Phi) is 5.13. The van der Waals surface area contributed by atoms with E-state index in [1.54, 1.807) is 0 Å². The van der Waals surface area contributed by atoms with E-state index in [1.165, 1.54) is 7.11 Å². The van der Waals surface area contributed by atoms with Gasteiger partial charge in [-0.3, -0.25) is 0 Å². The highest BCUT2D eigenvalue weighted by Crippen LogP contribution is 2.14.